The Balaban J connectivity index is 3.64. The van der Waals surface area contributed by atoms with Crippen molar-refractivity contribution in [2.75, 3.05) is 0 Å². The van der Waals surface area contributed by atoms with Gasteiger partial charge in [-0.3, -0.25) is 4.79 Å². The van der Waals surface area contributed by atoms with Gasteiger partial charge in [-0.1, -0.05) is 0 Å². The zero-order chi connectivity index (χ0) is 11.7. The Kier molecular flexibility index (Phi) is 4.77. The largest absolute Gasteiger partial charge is 0.478 e. The summed E-state index contributed by atoms with van der Waals surface area (Å²) >= 11 is 5.92. The van der Waals surface area contributed by atoms with E-state index in [9.17, 15) is 9.59 Å². The Morgan fingerprint density at radius 1 is 1.13 bits per heavy atom. The summed E-state index contributed by atoms with van der Waals surface area (Å²) in [4.78, 5) is 22.4. The summed E-state index contributed by atoms with van der Waals surface area (Å²) in [5.41, 5.74) is 0.704. The summed E-state index contributed by atoms with van der Waals surface area (Å²) in [7, 11) is 0. The fraction of sp³-hybridized carbons (Fsp3) is 0.111. The Bertz CT molecular complexity index is 416. The average molecular weight is 542 g/mol. The highest BCUT2D eigenvalue weighted by atomic mass is 127. The van der Waals surface area contributed by atoms with Gasteiger partial charge in [0.05, 0.1) is 5.56 Å². The van der Waals surface area contributed by atoms with Crippen LogP contribution in [-0.2, 0) is 0 Å². The quantitative estimate of drug-likeness (QED) is 0.461. The maximum atomic E-state index is 11.4. The van der Waals surface area contributed by atoms with Crippen LogP contribution in [0.1, 0.15) is 27.6 Å². The number of carbonyl (C=O) groups excluding carboxylic acids is 1. The first-order valence-corrected chi connectivity index (χ1v) is 7.01. The molecule has 6 heteroatoms. The minimum atomic E-state index is -0.997. The van der Waals surface area contributed by atoms with Crippen LogP contribution < -0.4 is 0 Å². The normalized spacial score (nSPS) is 10.1. The lowest BCUT2D eigenvalue weighted by Crippen LogP contribution is -2.10. The molecule has 80 valence electrons. The van der Waals surface area contributed by atoms with Crippen molar-refractivity contribution in [3.63, 3.8) is 0 Å². The van der Waals surface area contributed by atoms with E-state index in [4.69, 9.17) is 5.11 Å². The molecule has 0 bridgehead atoms. The van der Waals surface area contributed by atoms with Crippen LogP contribution in [0.15, 0.2) is 6.07 Å². The first-order valence-electron chi connectivity index (χ1n) is 3.78. The number of hydrogen-bond donors (Lipinski definition) is 1. The van der Waals surface area contributed by atoms with Crippen molar-refractivity contribution in [3.05, 3.63) is 27.9 Å². The van der Waals surface area contributed by atoms with Gasteiger partial charge in [-0.2, -0.15) is 0 Å². The summed E-state index contributed by atoms with van der Waals surface area (Å²) in [6, 6.07) is 1.71. The number of carboxylic acid groups (broad SMARTS) is 1. The number of ketones is 1. The number of aromatic carboxylic acids is 1. The average Bonchev–Trinajstić information content (AvgIpc) is 1.99. The van der Waals surface area contributed by atoms with Crippen LogP contribution in [0.4, 0.5) is 0 Å². The smallest absolute Gasteiger partial charge is 0.337 e. The Labute approximate surface area is 127 Å². The van der Waals surface area contributed by atoms with Gasteiger partial charge >= 0.3 is 5.97 Å². The molecule has 1 N–H and O–H groups in total. The van der Waals surface area contributed by atoms with Gasteiger partial charge in [0.1, 0.15) is 0 Å². The lowest BCUT2D eigenvalue weighted by atomic mass is 10.1. The van der Waals surface area contributed by atoms with Gasteiger partial charge in [0.2, 0.25) is 0 Å². The molecule has 0 aliphatic rings. The number of hydrogen-bond acceptors (Lipinski definition) is 2. The first kappa shape index (κ1) is 13.6. The number of rotatable bonds is 2. The predicted molar refractivity (Wildman–Crippen MR) is 81.6 cm³/mol. The van der Waals surface area contributed by atoms with Crippen LogP contribution >= 0.6 is 67.8 Å². The Morgan fingerprint density at radius 2 is 1.60 bits per heavy atom. The van der Waals surface area contributed by atoms with E-state index in [2.05, 4.69) is 0 Å². The van der Waals surface area contributed by atoms with Crippen molar-refractivity contribution in [3.8, 4) is 0 Å². The number of benzene rings is 1. The molecule has 0 saturated carbocycles. The molecule has 0 radical (unpaired) electrons. The molecule has 0 aliphatic carbocycles. The molecule has 15 heavy (non-hydrogen) atoms. The SMILES string of the molecule is CC(=O)c1c(I)cc(I)c(C(=O)O)c1I. The fourth-order valence-corrected chi connectivity index (χ4v) is 5.70. The summed E-state index contributed by atoms with van der Waals surface area (Å²) in [6.07, 6.45) is 0. The molecular formula is C9H5I3O3. The molecule has 0 heterocycles. The van der Waals surface area contributed by atoms with E-state index in [0.29, 0.717) is 12.7 Å². The molecular weight excluding hydrogens is 537 g/mol. The first-order chi connectivity index (χ1) is 6.86. The van der Waals surface area contributed by atoms with E-state index < -0.39 is 5.97 Å². The minimum absolute atomic E-state index is 0.109. The van der Waals surface area contributed by atoms with Crippen LogP contribution in [-0.4, -0.2) is 16.9 Å². The summed E-state index contributed by atoms with van der Waals surface area (Å²) in [5, 5.41) is 9.02. The van der Waals surface area contributed by atoms with Gasteiger partial charge in [-0.25, -0.2) is 4.79 Å². The second-order valence-electron chi connectivity index (χ2n) is 2.77. The molecule has 0 aliphatic heterocycles. The third kappa shape index (κ3) is 2.81. The number of carboxylic acids is 1. The maximum Gasteiger partial charge on any atom is 0.337 e. The van der Waals surface area contributed by atoms with Crippen molar-refractivity contribution < 1.29 is 14.7 Å². The van der Waals surface area contributed by atoms with E-state index in [1.807, 2.05) is 67.8 Å². The minimum Gasteiger partial charge on any atom is -0.478 e. The van der Waals surface area contributed by atoms with Gasteiger partial charge in [0, 0.05) is 16.3 Å². The van der Waals surface area contributed by atoms with Crippen molar-refractivity contribution >= 4 is 79.5 Å². The van der Waals surface area contributed by atoms with Crippen molar-refractivity contribution in [1.29, 1.82) is 0 Å². The molecule has 3 nitrogen and oxygen atoms in total. The number of Topliss-reactive ketones (excluding diaryl/α,β-unsaturated/α-hetero) is 1. The molecule has 0 unspecified atom stereocenters. The molecule has 0 aromatic heterocycles. The Morgan fingerprint density at radius 3 is 2.00 bits per heavy atom. The lowest BCUT2D eigenvalue weighted by Gasteiger charge is -2.09. The van der Waals surface area contributed by atoms with E-state index in [1.165, 1.54) is 6.92 Å². The molecule has 1 aromatic carbocycles. The van der Waals surface area contributed by atoms with Gasteiger partial charge in [0.15, 0.2) is 5.78 Å². The monoisotopic (exact) mass is 542 g/mol. The number of carbonyl (C=O) groups is 2. The highest BCUT2D eigenvalue weighted by molar-refractivity contribution is 14.1. The molecule has 0 atom stereocenters. The molecule has 1 aromatic rings. The van der Waals surface area contributed by atoms with Crippen LogP contribution in [0.3, 0.4) is 0 Å². The van der Waals surface area contributed by atoms with Gasteiger partial charge in [-0.15, -0.1) is 0 Å². The molecule has 0 fully saturated rings. The van der Waals surface area contributed by atoms with Crippen LogP contribution in [0, 0.1) is 10.7 Å². The van der Waals surface area contributed by atoms with E-state index in [-0.39, 0.29) is 11.3 Å². The summed E-state index contributed by atoms with van der Waals surface area (Å²) < 4.78 is 1.96. The van der Waals surface area contributed by atoms with E-state index in [1.54, 1.807) is 6.07 Å². The second kappa shape index (κ2) is 5.25. The van der Waals surface area contributed by atoms with E-state index >= 15 is 0 Å². The summed E-state index contributed by atoms with van der Waals surface area (Å²) in [5.74, 6) is -1.11. The summed E-state index contributed by atoms with van der Waals surface area (Å²) in [6.45, 7) is 1.44. The Hall–Kier alpha value is 0.550. The van der Waals surface area contributed by atoms with E-state index in [0.717, 1.165) is 3.57 Å². The van der Waals surface area contributed by atoms with Gasteiger partial charge < -0.3 is 5.11 Å². The zero-order valence-electron chi connectivity index (χ0n) is 7.47. The van der Waals surface area contributed by atoms with Crippen LogP contribution in [0.25, 0.3) is 0 Å². The van der Waals surface area contributed by atoms with Gasteiger partial charge in [0.25, 0.3) is 0 Å². The molecule has 0 amide bonds. The highest BCUT2D eigenvalue weighted by Crippen LogP contribution is 2.27. The van der Waals surface area contributed by atoms with Gasteiger partial charge in [-0.05, 0) is 80.8 Å². The third-order valence-corrected chi connectivity index (χ3v) is 4.52. The highest BCUT2D eigenvalue weighted by Gasteiger charge is 2.20. The third-order valence-electron chi connectivity index (χ3n) is 1.74. The second-order valence-corrected chi connectivity index (χ2v) is 6.17. The van der Waals surface area contributed by atoms with Crippen LogP contribution in [0.5, 0.6) is 0 Å². The topological polar surface area (TPSA) is 54.4 Å². The standard InChI is InChI=1S/C9H5I3O3/c1-3(13)6-4(10)2-5(11)7(8(6)12)9(14)15/h2H,1H3,(H,14,15). The molecule has 1 rings (SSSR count). The zero-order valence-corrected chi connectivity index (χ0v) is 13.9. The molecule has 0 saturated heterocycles. The van der Waals surface area contributed by atoms with Crippen molar-refractivity contribution in [2.45, 2.75) is 6.92 Å². The molecule has 0 spiro atoms. The predicted octanol–water partition coefficient (Wildman–Crippen LogP) is 3.40. The van der Waals surface area contributed by atoms with Crippen molar-refractivity contribution in [1.82, 2.24) is 0 Å². The van der Waals surface area contributed by atoms with Crippen molar-refractivity contribution in [2.24, 2.45) is 0 Å². The van der Waals surface area contributed by atoms with Crippen LogP contribution in [0.2, 0.25) is 0 Å². The fourth-order valence-electron chi connectivity index (χ4n) is 1.11. The lowest BCUT2D eigenvalue weighted by molar-refractivity contribution is 0.0694. The number of halogens is 3. The maximum absolute atomic E-state index is 11.4.